The molecule has 0 heterocycles. The van der Waals surface area contributed by atoms with E-state index in [-0.39, 0.29) is 0 Å². The van der Waals surface area contributed by atoms with Crippen LogP contribution in [-0.2, 0) is 0 Å². The summed E-state index contributed by atoms with van der Waals surface area (Å²) in [5.74, 6) is 4.40. The molecule has 0 spiro atoms. The molecule has 0 aliphatic heterocycles. The van der Waals surface area contributed by atoms with E-state index < -0.39 is 0 Å². The standard InChI is InChI=1S/C15H28S/c1-9(2)12-13(15(3,4)5)10-6-7-11(8-10)14(12)16/h9-14,16H,6-8H2,1-5H3. The lowest BCUT2D eigenvalue weighted by molar-refractivity contribution is 0.0324. The van der Waals surface area contributed by atoms with Crippen molar-refractivity contribution in [2.45, 2.75) is 59.1 Å². The number of hydrogen-bond donors (Lipinski definition) is 1. The fraction of sp³-hybridized carbons (Fsp3) is 1.00. The van der Waals surface area contributed by atoms with Gasteiger partial charge in [-0.05, 0) is 54.3 Å². The molecule has 0 saturated heterocycles. The van der Waals surface area contributed by atoms with Crippen LogP contribution in [0.25, 0.3) is 0 Å². The predicted molar refractivity (Wildman–Crippen MR) is 74.9 cm³/mol. The van der Waals surface area contributed by atoms with E-state index in [4.69, 9.17) is 12.6 Å². The van der Waals surface area contributed by atoms with Crippen LogP contribution in [0.2, 0.25) is 0 Å². The molecule has 2 aliphatic rings. The first-order chi connectivity index (χ1) is 7.32. The number of fused-ring (bicyclic) bond motifs is 2. The van der Waals surface area contributed by atoms with Crippen molar-refractivity contribution in [3.8, 4) is 0 Å². The summed E-state index contributed by atoms with van der Waals surface area (Å²) in [6, 6.07) is 0. The molecule has 0 nitrogen and oxygen atoms in total. The van der Waals surface area contributed by atoms with E-state index >= 15 is 0 Å². The predicted octanol–water partition coefficient (Wildman–Crippen LogP) is 4.65. The maximum Gasteiger partial charge on any atom is 0.00788 e. The largest absolute Gasteiger partial charge is 0.175 e. The highest BCUT2D eigenvalue weighted by atomic mass is 32.1. The third kappa shape index (κ3) is 2.05. The fourth-order valence-electron chi connectivity index (χ4n) is 4.62. The molecule has 0 aromatic heterocycles. The first kappa shape index (κ1) is 12.8. The van der Waals surface area contributed by atoms with E-state index in [1.165, 1.54) is 19.3 Å². The van der Waals surface area contributed by atoms with Gasteiger partial charge in [-0.3, -0.25) is 0 Å². The summed E-state index contributed by atoms with van der Waals surface area (Å²) in [4.78, 5) is 0. The summed E-state index contributed by atoms with van der Waals surface area (Å²) in [6.45, 7) is 12.1. The first-order valence-corrected chi connectivity index (χ1v) is 7.52. The molecule has 2 saturated carbocycles. The highest BCUT2D eigenvalue weighted by molar-refractivity contribution is 7.81. The Balaban J connectivity index is 2.30. The zero-order valence-electron chi connectivity index (χ0n) is 11.5. The zero-order chi connectivity index (χ0) is 12.1. The third-order valence-electron chi connectivity index (χ3n) is 5.08. The molecule has 0 radical (unpaired) electrons. The molecule has 2 aliphatic carbocycles. The van der Waals surface area contributed by atoms with Crippen molar-refractivity contribution >= 4 is 12.6 Å². The molecule has 0 aromatic rings. The van der Waals surface area contributed by atoms with Crippen LogP contribution < -0.4 is 0 Å². The van der Waals surface area contributed by atoms with Crippen LogP contribution in [0.3, 0.4) is 0 Å². The highest BCUT2D eigenvalue weighted by Gasteiger charge is 2.51. The minimum absolute atomic E-state index is 0.454. The quantitative estimate of drug-likeness (QED) is 0.634. The van der Waals surface area contributed by atoms with Crippen LogP contribution in [0, 0.1) is 35.0 Å². The van der Waals surface area contributed by atoms with Crippen LogP contribution in [0.4, 0.5) is 0 Å². The molecule has 0 amide bonds. The van der Waals surface area contributed by atoms with Gasteiger partial charge < -0.3 is 0 Å². The molecule has 2 rings (SSSR count). The number of rotatable bonds is 1. The van der Waals surface area contributed by atoms with E-state index in [0.717, 1.165) is 29.6 Å². The number of thiol groups is 1. The summed E-state index contributed by atoms with van der Waals surface area (Å²) in [5.41, 5.74) is 0.454. The third-order valence-corrected chi connectivity index (χ3v) is 5.85. The average Bonchev–Trinajstić information content (AvgIpc) is 2.53. The van der Waals surface area contributed by atoms with Crippen LogP contribution in [-0.4, -0.2) is 5.25 Å². The van der Waals surface area contributed by atoms with E-state index in [9.17, 15) is 0 Å². The molecular weight excluding hydrogens is 212 g/mol. The van der Waals surface area contributed by atoms with Gasteiger partial charge in [0.1, 0.15) is 0 Å². The van der Waals surface area contributed by atoms with Crippen molar-refractivity contribution in [3.63, 3.8) is 0 Å². The Labute approximate surface area is 107 Å². The molecule has 2 bridgehead atoms. The Morgan fingerprint density at radius 2 is 1.62 bits per heavy atom. The van der Waals surface area contributed by atoms with Crippen molar-refractivity contribution in [2.24, 2.45) is 35.0 Å². The van der Waals surface area contributed by atoms with Gasteiger partial charge in [-0.1, -0.05) is 34.6 Å². The van der Waals surface area contributed by atoms with Gasteiger partial charge in [0, 0.05) is 5.25 Å². The van der Waals surface area contributed by atoms with Gasteiger partial charge in [0.25, 0.3) is 0 Å². The first-order valence-electron chi connectivity index (χ1n) is 7.00. The van der Waals surface area contributed by atoms with Crippen molar-refractivity contribution in [3.05, 3.63) is 0 Å². The summed E-state index contributed by atoms with van der Waals surface area (Å²) >= 11 is 4.99. The summed E-state index contributed by atoms with van der Waals surface area (Å²) in [7, 11) is 0. The normalized spacial score (nSPS) is 44.1. The molecule has 2 fully saturated rings. The Morgan fingerprint density at radius 1 is 1.06 bits per heavy atom. The van der Waals surface area contributed by atoms with E-state index in [2.05, 4.69) is 34.6 Å². The average molecular weight is 240 g/mol. The zero-order valence-corrected chi connectivity index (χ0v) is 12.4. The summed E-state index contributed by atoms with van der Waals surface area (Å²) in [5, 5.41) is 0.656. The molecule has 5 atom stereocenters. The van der Waals surface area contributed by atoms with Crippen molar-refractivity contribution in [1.82, 2.24) is 0 Å². The van der Waals surface area contributed by atoms with Gasteiger partial charge in [-0.15, -0.1) is 0 Å². The maximum atomic E-state index is 4.99. The lowest BCUT2D eigenvalue weighted by atomic mass is 9.59. The molecule has 5 unspecified atom stereocenters. The van der Waals surface area contributed by atoms with Gasteiger partial charge in [-0.2, -0.15) is 12.6 Å². The number of hydrogen-bond acceptors (Lipinski definition) is 1. The molecule has 16 heavy (non-hydrogen) atoms. The van der Waals surface area contributed by atoms with Crippen LogP contribution in [0.15, 0.2) is 0 Å². The lowest BCUT2D eigenvalue weighted by Gasteiger charge is -2.49. The van der Waals surface area contributed by atoms with Gasteiger partial charge >= 0.3 is 0 Å². The Kier molecular flexibility index (Phi) is 3.38. The minimum atomic E-state index is 0.454. The van der Waals surface area contributed by atoms with Crippen LogP contribution in [0.1, 0.15) is 53.9 Å². The smallest absolute Gasteiger partial charge is 0.00788 e. The maximum absolute atomic E-state index is 4.99. The second-order valence-electron chi connectivity index (χ2n) is 7.54. The van der Waals surface area contributed by atoms with Crippen LogP contribution in [0.5, 0.6) is 0 Å². The second-order valence-corrected chi connectivity index (χ2v) is 8.13. The molecule has 1 heteroatoms. The lowest BCUT2D eigenvalue weighted by Crippen LogP contribution is -2.45. The Bertz CT molecular complexity index is 251. The summed E-state index contributed by atoms with van der Waals surface area (Å²) < 4.78 is 0. The highest BCUT2D eigenvalue weighted by Crippen LogP contribution is 2.57. The molecule has 0 aromatic carbocycles. The monoisotopic (exact) mass is 240 g/mol. The second kappa shape index (κ2) is 4.23. The van der Waals surface area contributed by atoms with Gasteiger partial charge in [0.15, 0.2) is 0 Å². The molecule has 94 valence electrons. The SMILES string of the molecule is CC(C)C1C(S)C2CCC(C2)C1C(C)(C)C. The Hall–Kier alpha value is 0.350. The van der Waals surface area contributed by atoms with Gasteiger partial charge in [0.2, 0.25) is 0 Å². The van der Waals surface area contributed by atoms with E-state index in [1.54, 1.807) is 0 Å². The van der Waals surface area contributed by atoms with Crippen molar-refractivity contribution in [1.29, 1.82) is 0 Å². The van der Waals surface area contributed by atoms with E-state index in [0.29, 0.717) is 10.7 Å². The fourth-order valence-corrected chi connectivity index (χ4v) is 5.42. The Morgan fingerprint density at radius 3 is 2.12 bits per heavy atom. The minimum Gasteiger partial charge on any atom is -0.175 e. The summed E-state index contributed by atoms with van der Waals surface area (Å²) in [6.07, 6.45) is 4.36. The van der Waals surface area contributed by atoms with Crippen molar-refractivity contribution in [2.75, 3.05) is 0 Å². The van der Waals surface area contributed by atoms with Crippen LogP contribution >= 0.6 is 12.6 Å². The van der Waals surface area contributed by atoms with Gasteiger partial charge in [0.05, 0.1) is 0 Å². The molecule has 0 N–H and O–H groups in total. The topological polar surface area (TPSA) is 0 Å². The van der Waals surface area contributed by atoms with Crippen molar-refractivity contribution < 1.29 is 0 Å². The van der Waals surface area contributed by atoms with E-state index in [1.807, 2.05) is 0 Å². The molecular formula is C15H28S. The van der Waals surface area contributed by atoms with Gasteiger partial charge in [-0.25, -0.2) is 0 Å².